The highest BCUT2D eigenvalue weighted by Gasteiger charge is 2.19. The number of pyridine rings is 1. The average molecular weight is 371 g/mol. The normalized spacial score (nSPS) is 10.5. The molecule has 0 atom stereocenters. The molecule has 2 aromatic heterocycles. The van der Waals surface area contributed by atoms with Gasteiger partial charge in [-0.25, -0.2) is 0 Å². The zero-order valence-electron chi connectivity index (χ0n) is 12.4. The molecule has 2 heterocycles. The summed E-state index contributed by atoms with van der Waals surface area (Å²) in [4.78, 5) is 18.8. The first-order valence-electron chi connectivity index (χ1n) is 7.19. The molecule has 5 heteroatoms. The number of aromatic nitrogens is 1. The van der Waals surface area contributed by atoms with Gasteiger partial charge in [-0.2, -0.15) is 0 Å². The number of hydrogen-bond acceptors (Lipinski definition) is 3. The van der Waals surface area contributed by atoms with Crippen molar-refractivity contribution in [1.82, 2.24) is 9.88 Å². The van der Waals surface area contributed by atoms with Crippen molar-refractivity contribution < 1.29 is 9.21 Å². The van der Waals surface area contributed by atoms with E-state index in [0.717, 1.165) is 15.8 Å². The lowest BCUT2D eigenvalue weighted by atomic mass is 10.1. The number of nitrogens with zero attached hydrogens (tertiary/aromatic N) is 2. The van der Waals surface area contributed by atoms with Crippen LogP contribution in [0.25, 0.3) is 0 Å². The fourth-order valence-electron chi connectivity index (χ4n) is 2.31. The SMILES string of the molecule is O=C(c1ccccc1Br)N(Cc1cccnc1)Cc1ccco1. The zero-order valence-corrected chi connectivity index (χ0v) is 13.9. The molecule has 3 rings (SSSR count). The Morgan fingerprint density at radius 2 is 1.96 bits per heavy atom. The zero-order chi connectivity index (χ0) is 16.1. The van der Waals surface area contributed by atoms with E-state index in [9.17, 15) is 4.79 Å². The third kappa shape index (κ3) is 3.87. The molecule has 23 heavy (non-hydrogen) atoms. The van der Waals surface area contributed by atoms with Gasteiger partial charge in [0.1, 0.15) is 5.76 Å². The molecule has 0 saturated carbocycles. The van der Waals surface area contributed by atoms with Crippen LogP contribution in [0.3, 0.4) is 0 Å². The van der Waals surface area contributed by atoms with Crippen LogP contribution in [0.5, 0.6) is 0 Å². The van der Waals surface area contributed by atoms with Crippen LogP contribution >= 0.6 is 15.9 Å². The summed E-state index contributed by atoms with van der Waals surface area (Å²) in [5.74, 6) is 0.687. The lowest BCUT2D eigenvalue weighted by molar-refractivity contribution is 0.0716. The Morgan fingerprint density at radius 1 is 1.09 bits per heavy atom. The van der Waals surface area contributed by atoms with Crippen LogP contribution in [0, 0.1) is 0 Å². The van der Waals surface area contributed by atoms with Crippen molar-refractivity contribution in [3.8, 4) is 0 Å². The second-order valence-electron chi connectivity index (χ2n) is 5.08. The molecule has 0 fully saturated rings. The van der Waals surface area contributed by atoms with Crippen molar-refractivity contribution in [1.29, 1.82) is 0 Å². The topological polar surface area (TPSA) is 46.3 Å². The molecule has 0 radical (unpaired) electrons. The van der Waals surface area contributed by atoms with Crippen LogP contribution < -0.4 is 0 Å². The number of benzene rings is 1. The molecule has 0 aliphatic rings. The van der Waals surface area contributed by atoms with Crippen LogP contribution in [0.4, 0.5) is 0 Å². The van der Waals surface area contributed by atoms with Crippen molar-refractivity contribution >= 4 is 21.8 Å². The highest BCUT2D eigenvalue weighted by molar-refractivity contribution is 9.10. The van der Waals surface area contributed by atoms with Crippen molar-refractivity contribution in [3.63, 3.8) is 0 Å². The maximum Gasteiger partial charge on any atom is 0.255 e. The fraction of sp³-hybridized carbons (Fsp3) is 0.111. The molecule has 0 N–H and O–H groups in total. The Hall–Kier alpha value is -2.40. The first-order chi connectivity index (χ1) is 11.2. The minimum atomic E-state index is -0.0577. The van der Waals surface area contributed by atoms with Gasteiger partial charge in [0.2, 0.25) is 0 Å². The number of rotatable bonds is 5. The van der Waals surface area contributed by atoms with Gasteiger partial charge in [-0.15, -0.1) is 0 Å². The molecule has 0 aliphatic carbocycles. The van der Waals surface area contributed by atoms with Crippen LogP contribution in [0.2, 0.25) is 0 Å². The first kappa shape index (κ1) is 15.5. The summed E-state index contributed by atoms with van der Waals surface area (Å²) in [7, 11) is 0. The lowest BCUT2D eigenvalue weighted by Crippen LogP contribution is -2.30. The maximum absolute atomic E-state index is 12.9. The Labute approximate surface area is 142 Å². The Kier molecular flexibility index (Phi) is 4.88. The number of furan rings is 1. The lowest BCUT2D eigenvalue weighted by Gasteiger charge is -2.22. The predicted octanol–water partition coefficient (Wildman–Crippen LogP) is 4.28. The quantitative estimate of drug-likeness (QED) is 0.673. The number of carbonyl (C=O) groups is 1. The molecule has 0 bridgehead atoms. The van der Waals surface area contributed by atoms with E-state index >= 15 is 0 Å². The Bertz CT molecular complexity index is 773. The number of amides is 1. The summed E-state index contributed by atoms with van der Waals surface area (Å²) in [5, 5.41) is 0. The van der Waals surface area contributed by atoms with E-state index in [1.54, 1.807) is 23.6 Å². The average Bonchev–Trinajstić information content (AvgIpc) is 3.08. The molecule has 1 amide bonds. The summed E-state index contributed by atoms with van der Waals surface area (Å²) in [6.07, 6.45) is 5.10. The van der Waals surface area contributed by atoms with E-state index in [4.69, 9.17) is 4.42 Å². The van der Waals surface area contributed by atoms with Gasteiger partial charge in [0.15, 0.2) is 0 Å². The van der Waals surface area contributed by atoms with E-state index in [-0.39, 0.29) is 5.91 Å². The van der Waals surface area contributed by atoms with Crippen molar-refractivity contribution in [2.75, 3.05) is 0 Å². The van der Waals surface area contributed by atoms with Gasteiger partial charge in [-0.3, -0.25) is 9.78 Å². The van der Waals surface area contributed by atoms with E-state index < -0.39 is 0 Å². The predicted molar refractivity (Wildman–Crippen MR) is 90.7 cm³/mol. The van der Waals surface area contributed by atoms with Gasteiger partial charge in [0.25, 0.3) is 5.91 Å². The van der Waals surface area contributed by atoms with Crippen molar-refractivity contribution in [3.05, 3.63) is 88.5 Å². The summed E-state index contributed by atoms with van der Waals surface area (Å²) >= 11 is 3.45. The minimum Gasteiger partial charge on any atom is -0.467 e. The first-order valence-corrected chi connectivity index (χ1v) is 7.98. The molecule has 4 nitrogen and oxygen atoms in total. The van der Waals surface area contributed by atoms with Crippen molar-refractivity contribution in [2.45, 2.75) is 13.1 Å². The number of halogens is 1. The standard InChI is InChI=1S/C18H15BrN2O2/c19-17-8-2-1-7-16(17)18(22)21(13-15-6-4-10-23-15)12-14-5-3-9-20-11-14/h1-11H,12-13H2. The number of hydrogen-bond donors (Lipinski definition) is 0. The van der Waals surface area contributed by atoms with Crippen LogP contribution in [-0.2, 0) is 13.1 Å². The smallest absolute Gasteiger partial charge is 0.255 e. The molecule has 0 saturated heterocycles. The molecule has 0 unspecified atom stereocenters. The molecule has 0 spiro atoms. The van der Waals surface area contributed by atoms with Gasteiger partial charge >= 0.3 is 0 Å². The minimum absolute atomic E-state index is 0.0577. The highest BCUT2D eigenvalue weighted by atomic mass is 79.9. The largest absolute Gasteiger partial charge is 0.467 e. The van der Waals surface area contributed by atoms with Gasteiger partial charge in [-0.1, -0.05) is 18.2 Å². The highest BCUT2D eigenvalue weighted by Crippen LogP contribution is 2.20. The molecule has 116 valence electrons. The van der Waals surface area contributed by atoms with Gasteiger partial charge in [0.05, 0.1) is 18.4 Å². The molecule has 1 aromatic carbocycles. The van der Waals surface area contributed by atoms with E-state index in [1.807, 2.05) is 48.5 Å². The Morgan fingerprint density at radius 3 is 2.65 bits per heavy atom. The molecule has 3 aromatic rings. The monoisotopic (exact) mass is 370 g/mol. The van der Waals surface area contributed by atoms with E-state index in [0.29, 0.717) is 18.7 Å². The van der Waals surface area contributed by atoms with E-state index in [1.165, 1.54) is 0 Å². The third-order valence-electron chi connectivity index (χ3n) is 3.41. The van der Waals surface area contributed by atoms with Gasteiger partial charge in [0, 0.05) is 23.4 Å². The molecular formula is C18H15BrN2O2. The summed E-state index contributed by atoms with van der Waals surface area (Å²) in [6.45, 7) is 0.872. The molecule has 0 aliphatic heterocycles. The molecular weight excluding hydrogens is 356 g/mol. The van der Waals surface area contributed by atoms with E-state index in [2.05, 4.69) is 20.9 Å². The van der Waals surface area contributed by atoms with Crippen LogP contribution in [-0.4, -0.2) is 15.8 Å². The summed E-state index contributed by atoms with van der Waals surface area (Å²) in [5.41, 5.74) is 1.60. The van der Waals surface area contributed by atoms with Crippen LogP contribution in [0.15, 0.2) is 76.1 Å². The van der Waals surface area contributed by atoms with Crippen molar-refractivity contribution in [2.24, 2.45) is 0 Å². The van der Waals surface area contributed by atoms with Gasteiger partial charge < -0.3 is 9.32 Å². The maximum atomic E-state index is 12.9. The summed E-state index contributed by atoms with van der Waals surface area (Å²) < 4.78 is 6.18. The second-order valence-corrected chi connectivity index (χ2v) is 5.94. The second kappa shape index (κ2) is 7.24. The Balaban J connectivity index is 1.88. The fourth-order valence-corrected chi connectivity index (χ4v) is 2.76. The number of carbonyl (C=O) groups excluding carboxylic acids is 1. The van der Waals surface area contributed by atoms with Gasteiger partial charge in [-0.05, 0) is 51.8 Å². The summed E-state index contributed by atoms with van der Waals surface area (Å²) in [6, 6.07) is 14.9. The third-order valence-corrected chi connectivity index (χ3v) is 4.11. The van der Waals surface area contributed by atoms with Crippen LogP contribution in [0.1, 0.15) is 21.7 Å².